The third-order valence-electron chi connectivity index (χ3n) is 4.01. The minimum absolute atomic E-state index is 0.0573. The van der Waals surface area contributed by atoms with Crippen LogP contribution < -0.4 is 15.8 Å². The quantitative estimate of drug-likeness (QED) is 0.324. The van der Waals surface area contributed by atoms with Crippen molar-refractivity contribution in [3.05, 3.63) is 60.1 Å². The average molecular weight is 409 g/mol. The molecular formula is C22H23N3O5. The molecule has 1 heterocycles. The minimum Gasteiger partial charge on any atom is -0.482 e. The zero-order chi connectivity index (χ0) is 21.9. The molecule has 8 heteroatoms. The van der Waals surface area contributed by atoms with E-state index >= 15 is 0 Å². The maximum atomic E-state index is 12.6. The lowest BCUT2D eigenvalue weighted by atomic mass is 10.1. The molecule has 0 atom stereocenters. The fraction of sp³-hybridized carbons (Fsp3) is 0.227. The lowest BCUT2D eigenvalue weighted by molar-refractivity contribution is -0.157. The molecular weight excluding hydrogens is 386 g/mol. The predicted octanol–water partition coefficient (Wildman–Crippen LogP) is 3.69. The molecule has 3 rings (SSSR count). The van der Waals surface area contributed by atoms with Crippen LogP contribution >= 0.6 is 0 Å². The van der Waals surface area contributed by atoms with E-state index in [9.17, 15) is 9.59 Å². The van der Waals surface area contributed by atoms with Crippen LogP contribution in [0.5, 0.6) is 5.75 Å². The number of carbonyl (C=O) groups is 2. The molecule has 3 aromatic rings. The van der Waals surface area contributed by atoms with E-state index in [1.807, 2.05) is 0 Å². The van der Waals surface area contributed by atoms with Gasteiger partial charge in [-0.05, 0) is 57.2 Å². The van der Waals surface area contributed by atoms with Crippen molar-refractivity contribution in [1.82, 2.24) is 0 Å². The SMILES string of the molecule is CC(C)(C)OC(=O)COc1ccc(NC(=O)c2occ3cc(C(=N)N)ccc23)cc1. The van der Waals surface area contributed by atoms with E-state index in [2.05, 4.69) is 5.32 Å². The highest BCUT2D eigenvalue weighted by atomic mass is 16.6. The van der Waals surface area contributed by atoms with Gasteiger partial charge < -0.3 is 24.9 Å². The molecule has 0 aliphatic carbocycles. The number of amidine groups is 1. The largest absolute Gasteiger partial charge is 0.482 e. The molecule has 0 aliphatic rings. The van der Waals surface area contributed by atoms with Gasteiger partial charge in [-0.3, -0.25) is 10.2 Å². The van der Waals surface area contributed by atoms with Gasteiger partial charge in [0.25, 0.3) is 5.91 Å². The standard InChI is InChI=1S/C22H23N3O5/c1-22(2,3)30-18(26)12-28-16-7-5-15(6-8-16)25-21(27)19-17-9-4-13(20(23)24)10-14(17)11-29-19/h4-11H,12H2,1-3H3,(H3,23,24)(H,25,27). The maximum absolute atomic E-state index is 12.6. The van der Waals surface area contributed by atoms with Crippen LogP contribution in [0.1, 0.15) is 36.9 Å². The van der Waals surface area contributed by atoms with Gasteiger partial charge in [0.2, 0.25) is 0 Å². The molecule has 156 valence electrons. The molecule has 0 aliphatic heterocycles. The first kappa shape index (κ1) is 20.9. The Balaban J connectivity index is 1.63. The highest BCUT2D eigenvalue weighted by molar-refractivity contribution is 6.12. The molecule has 30 heavy (non-hydrogen) atoms. The number of hydrogen-bond donors (Lipinski definition) is 3. The normalized spacial score (nSPS) is 11.2. The molecule has 0 saturated carbocycles. The Morgan fingerprint density at radius 2 is 1.83 bits per heavy atom. The van der Waals surface area contributed by atoms with Crippen LogP contribution in [0.15, 0.2) is 53.1 Å². The summed E-state index contributed by atoms with van der Waals surface area (Å²) in [5, 5.41) is 11.5. The molecule has 0 bridgehead atoms. The number of anilines is 1. The van der Waals surface area contributed by atoms with Crippen molar-refractivity contribution < 1.29 is 23.5 Å². The van der Waals surface area contributed by atoms with E-state index < -0.39 is 17.5 Å². The van der Waals surface area contributed by atoms with Gasteiger partial charge in [-0.1, -0.05) is 6.07 Å². The maximum Gasteiger partial charge on any atom is 0.344 e. The molecule has 4 N–H and O–H groups in total. The van der Waals surface area contributed by atoms with Gasteiger partial charge in [-0.25, -0.2) is 4.79 Å². The molecule has 0 saturated heterocycles. The monoisotopic (exact) mass is 409 g/mol. The Morgan fingerprint density at radius 3 is 2.47 bits per heavy atom. The summed E-state index contributed by atoms with van der Waals surface area (Å²) in [7, 11) is 0. The van der Waals surface area contributed by atoms with E-state index in [1.165, 1.54) is 6.26 Å². The summed E-state index contributed by atoms with van der Waals surface area (Å²) in [5.41, 5.74) is 6.01. The summed E-state index contributed by atoms with van der Waals surface area (Å²) < 4.78 is 16.0. The Hall–Kier alpha value is -3.81. The van der Waals surface area contributed by atoms with Crippen molar-refractivity contribution in [3.8, 4) is 5.75 Å². The fourth-order valence-corrected chi connectivity index (χ4v) is 2.73. The van der Waals surface area contributed by atoms with Crippen molar-refractivity contribution in [2.45, 2.75) is 26.4 Å². The molecule has 1 amide bonds. The Labute approximate surface area is 173 Å². The van der Waals surface area contributed by atoms with E-state index in [4.69, 9.17) is 25.0 Å². The number of esters is 1. The third-order valence-corrected chi connectivity index (χ3v) is 4.01. The number of hydrogen-bond acceptors (Lipinski definition) is 6. The summed E-state index contributed by atoms with van der Waals surface area (Å²) >= 11 is 0. The van der Waals surface area contributed by atoms with E-state index in [-0.39, 0.29) is 18.2 Å². The Kier molecular flexibility index (Phi) is 5.77. The first-order valence-corrected chi connectivity index (χ1v) is 9.24. The second-order valence-electron chi connectivity index (χ2n) is 7.63. The van der Waals surface area contributed by atoms with Gasteiger partial charge in [0, 0.05) is 22.0 Å². The highest BCUT2D eigenvalue weighted by Gasteiger charge is 2.17. The number of nitrogen functional groups attached to an aromatic ring is 1. The van der Waals surface area contributed by atoms with Gasteiger partial charge in [0.15, 0.2) is 12.4 Å². The second kappa shape index (κ2) is 8.28. The molecule has 8 nitrogen and oxygen atoms in total. The summed E-state index contributed by atoms with van der Waals surface area (Å²) in [6.45, 7) is 5.15. The van der Waals surface area contributed by atoms with Gasteiger partial charge in [-0.15, -0.1) is 0 Å². The smallest absolute Gasteiger partial charge is 0.344 e. The van der Waals surface area contributed by atoms with Gasteiger partial charge in [-0.2, -0.15) is 0 Å². The molecule has 0 unspecified atom stereocenters. The number of nitrogens with two attached hydrogens (primary N) is 1. The van der Waals surface area contributed by atoms with Crippen LogP contribution in [0.25, 0.3) is 10.8 Å². The van der Waals surface area contributed by atoms with Gasteiger partial charge in [0.1, 0.15) is 17.2 Å². The van der Waals surface area contributed by atoms with Crippen molar-refractivity contribution in [3.63, 3.8) is 0 Å². The zero-order valence-corrected chi connectivity index (χ0v) is 16.9. The average Bonchev–Trinajstić information content (AvgIpc) is 3.09. The Bertz CT molecular complexity index is 1090. The summed E-state index contributed by atoms with van der Waals surface area (Å²) in [4.78, 5) is 24.3. The van der Waals surface area contributed by atoms with E-state index in [0.29, 0.717) is 27.8 Å². The molecule has 0 fully saturated rings. The predicted molar refractivity (Wildman–Crippen MR) is 113 cm³/mol. The summed E-state index contributed by atoms with van der Waals surface area (Å²) in [6.07, 6.45) is 1.45. The first-order chi connectivity index (χ1) is 14.1. The Morgan fingerprint density at radius 1 is 1.13 bits per heavy atom. The first-order valence-electron chi connectivity index (χ1n) is 9.24. The second-order valence-corrected chi connectivity index (χ2v) is 7.63. The highest BCUT2D eigenvalue weighted by Crippen LogP contribution is 2.24. The number of furan rings is 1. The fourth-order valence-electron chi connectivity index (χ4n) is 2.73. The lowest BCUT2D eigenvalue weighted by Gasteiger charge is -2.19. The van der Waals surface area contributed by atoms with Crippen molar-refractivity contribution in [1.29, 1.82) is 5.41 Å². The van der Waals surface area contributed by atoms with E-state index in [1.54, 1.807) is 63.2 Å². The molecule has 1 aromatic heterocycles. The number of amides is 1. The molecule has 0 radical (unpaired) electrons. The number of nitrogens with one attached hydrogen (secondary N) is 2. The third kappa shape index (κ3) is 5.16. The van der Waals surface area contributed by atoms with Crippen molar-refractivity contribution in [2.24, 2.45) is 5.73 Å². The molecule has 0 spiro atoms. The number of carbonyl (C=O) groups excluding carboxylic acids is 2. The zero-order valence-electron chi connectivity index (χ0n) is 16.9. The van der Waals surface area contributed by atoms with Crippen LogP contribution in [0.4, 0.5) is 5.69 Å². The number of fused-ring (bicyclic) bond motifs is 1. The summed E-state index contributed by atoms with van der Waals surface area (Å²) in [5.74, 6) is -0.303. The van der Waals surface area contributed by atoms with Gasteiger partial charge in [0.05, 0.1) is 6.26 Å². The van der Waals surface area contributed by atoms with E-state index in [0.717, 1.165) is 0 Å². The van der Waals surface area contributed by atoms with Crippen LogP contribution in [0.2, 0.25) is 0 Å². The minimum atomic E-state index is -0.571. The number of benzene rings is 2. The van der Waals surface area contributed by atoms with Crippen LogP contribution in [-0.2, 0) is 9.53 Å². The number of ether oxygens (including phenoxy) is 2. The topological polar surface area (TPSA) is 128 Å². The lowest BCUT2D eigenvalue weighted by Crippen LogP contribution is -2.27. The number of rotatable bonds is 6. The molecule has 2 aromatic carbocycles. The van der Waals surface area contributed by atoms with Crippen LogP contribution in [0.3, 0.4) is 0 Å². The van der Waals surface area contributed by atoms with Crippen LogP contribution in [-0.4, -0.2) is 29.9 Å². The van der Waals surface area contributed by atoms with Gasteiger partial charge >= 0.3 is 5.97 Å². The van der Waals surface area contributed by atoms with Crippen LogP contribution in [0, 0.1) is 5.41 Å². The van der Waals surface area contributed by atoms with Crippen molar-refractivity contribution in [2.75, 3.05) is 11.9 Å². The van der Waals surface area contributed by atoms with Crippen molar-refractivity contribution >= 4 is 34.2 Å². The summed E-state index contributed by atoms with van der Waals surface area (Å²) in [6, 6.07) is 11.6.